The lowest BCUT2D eigenvalue weighted by Gasteiger charge is -2.17. The van der Waals surface area contributed by atoms with Crippen molar-refractivity contribution in [1.29, 1.82) is 0 Å². The van der Waals surface area contributed by atoms with Gasteiger partial charge in [-0.3, -0.25) is 0 Å². The molecule has 2 heteroatoms. The zero-order valence-electron chi connectivity index (χ0n) is 15.5. The van der Waals surface area contributed by atoms with Gasteiger partial charge in [-0.15, -0.1) is 0 Å². The lowest BCUT2D eigenvalue weighted by atomic mass is 9.92. The van der Waals surface area contributed by atoms with Crippen molar-refractivity contribution in [3.8, 4) is 0 Å². The standard InChI is InChI=1S/C24H26N2/c1-17-10-13-23-22(15-17)21-12-11-20(19-8-4-3-5-9-19)16-24(21)26(23)18(2)7-6-14-25/h3-6,8,10-16,18-19H,7,9,25H2,1-2H3/b14-6-. The Balaban J connectivity index is 1.94. The van der Waals surface area contributed by atoms with E-state index >= 15 is 0 Å². The predicted octanol–water partition coefficient (Wildman–Crippen LogP) is 6.13. The molecule has 0 bridgehead atoms. The third kappa shape index (κ3) is 2.86. The second kappa shape index (κ2) is 6.87. The largest absolute Gasteiger partial charge is 0.405 e. The molecule has 132 valence electrons. The molecule has 2 atom stereocenters. The molecular formula is C24H26N2. The highest BCUT2D eigenvalue weighted by molar-refractivity contribution is 6.08. The second-order valence-corrected chi connectivity index (χ2v) is 7.34. The van der Waals surface area contributed by atoms with Crippen LogP contribution in [0.3, 0.4) is 0 Å². The van der Waals surface area contributed by atoms with Crippen molar-refractivity contribution >= 4 is 21.8 Å². The zero-order valence-corrected chi connectivity index (χ0v) is 15.5. The summed E-state index contributed by atoms with van der Waals surface area (Å²) in [6.07, 6.45) is 14.6. The molecule has 4 rings (SSSR count). The van der Waals surface area contributed by atoms with Crippen LogP contribution in [0.1, 0.15) is 42.9 Å². The number of hydrogen-bond acceptors (Lipinski definition) is 1. The average Bonchev–Trinajstić information content (AvgIpc) is 2.99. The topological polar surface area (TPSA) is 30.9 Å². The van der Waals surface area contributed by atoms with Crippen molar-refractivity contribution in [3.63, 3.8) is 0 Å². The summed E-state index contributed by atoms with van der Waals surface area (Å²) >= 11 is 0. The van der Waals surface area contributed by atoms with Crippen molar-refractivity contribution < 1.29 is 0 Å². The lowest BCUT2D eigenvalue weighted by Crippen LogP contribution is -2.05. The summed E-state index contributed by atoms with van der Waals surface area (Å²) < 4.78 is 2.48. The van der Waals surface area contributed by atoms with Gasteiger partial charge in [0.25, 0.3) is 0 Å². The highest BCUT2D eigenvalue weighted by Gasteiger charge is 2.17. The predicted molar refractivity (Wildman–Crippen MR) is 112 cm³/mol. The molecule has 1 aliphatic rings. The maximum absolute atomic E-state index is 5.59. The highest BCUT2D eigenvalue weighted by Crippen LogP contribution is 2.36. The molecule has 1 heterocycles. The molecular weight excluding hydrogens is 316 g/mol. The number of fused-ring (bicyclic) bond motifs is 3. The Kier molecular flexibility index (Phi) is 4.42. The van der Waals surface area contributed by atoms with Gasteiger partial charge in [-0.1, -0.05) is 54.1 Å². The van der Waals surface area contributed by atoms with E-state index in [1.165, 1.54) is 32.9 Å². The summed E-state index contributed by atoms with van der Waals surface area (Å²) in [7, 11) is 0. The minimum Gasteiger partial charge on any atom is -0.405 e. The molecule has 0 radical (unpaired) electrons. The monoisotopic (exact) mass is 342 g/mol. The summed E-state index contributed by atoms with van der Waals surface area (Å²) in [6.45, 7) is 4.44. The van der Waals surface area contributed by atoms with Gasteiger partial charge in [0, 0.05) is 33.8 Å². The number of hydrogen-bond donors (Lipinski definition) is 1. The Hall–Kier alpha value is -2.74. The summed E-state index contributed by atoms with van der Waals surface area (Å²) in [6, 6.07) is 14.1. The van der Waals surface area contributed by atoms with E-state index in [4.69, 9.17) is 5.73 Å². The van der Waals surface area contributed by atoms with Crippen LogP contribution in [0.5, 0.6) is 0 Å². The van der Waals surface area contributed by atoms with Gasteiger partial charge in [0.2, 0.25) is 0 Å². The quantitative estimate of drug-likeness (QED) is 0.608. The van der Waals surface area contributed by atoms with E-state index in [-0.39, 0.29) is 0 Å². The van der Waals surface area contributed by atoms with Crippen LogP contribution in [-0.2, 0) is 0 Å². The van der Waals surface area contributed by atoms with Gasteiger partial charge in [0.05, 0.1) is 0 Å². The van der Waals surface area contributed by atoms with Crippen LogP contribution in [0.15, 0.2) is 73.0 Å². The lowest BCUT2D eigenvalue weighted by molar-refractivity contribution is 0.589. The minimum atomic E-state index is 0.356. The molecule has 3 aromatic rings. The van der Waals surface area contributed by atoms with Gasteiger partial charge >= 0.3 is 0 Å². The molecule has 2 N–H and O–H groups in total. The van der Waals surface area contributed by atoms with Gasteiger partial charge in [-0.05, 0) is 56.7 Å². The van der Waals surface area contributed by atoms with Gasteiger partial charge < -0.3 is 10.3 Å². The van der Waals surface area contributed by atoms with E-state index in [0.29, 0.717) is 12.0 Å². The van der Waals surface area contributed by atoms with Crippen molar-refractivity contribution in [3.05, 3.63) is 84.1 Å². The van der Waals surface area contributed by atoms with E-state index < -0.39 is 0 Å². The van der Waals surface area contributed by atoms with Crippen LogP contribution in [-0.4, -0.2) is 4.57 Å². The fraction of sp³-hybridized carbons (Fsp3) is 0.250. The zero-order chi connectivity index (χ0) is 18.1. The van der Waals surface area contributed by atoms with Crippen molar-refractivity contribution in [2.24, 2.45) is 5.73 Å². The Labute approximate surface area is 155 Å². The summed E-state index contributed by atoms with van der Waals surface area (Å²) in [4.78, 5) is 0. The first-order chi connectivity index (χ1) is 12.7. The van der Waals surface area contributed by atoms with Crippen LogP contribution in [0.25, 0.3) is 21.8 Å². The molecule has 0 amide bonds. The average molecular weight is 342 g/mol. The summed E-state index contributed by atoms with van der Waals surface area (Å²) in [5.74, 6) is 0.469. The van der Waals surface area contributed by atoms with Crippen molar-refractivity contribution in [2.45, 2.75) is 38.6 Å². The van der Waals surface area contributed by atoms with Crippen LogP contribution in [0, 0.1) is 6.92 Å². The fourth-order valence-electron chi connectivity index (χ4n) is 4.10. The maximum atomic E-state index is 5.59. The number of benzene rings is 2. The van der Waals surface area contributed by atoms with Crippen molar-refractivity contribution in [2.75, 3.05) is 0 Å². The Bertz CT molecular complexity index is 1030. The van der Waals surface area contributed by atoms with Crippen LogP contribution in [0.2, 0.25) is 0 Å². The van der Waals surface area contributed by atoms with E-state index in [1.807, 2.05) is 0 Å². The number of allylic oxidation sites excluding steroid dienone is 5. The second-order valence-electron chi connectivity index (χ2n) is 7.34. The molecule has 2 nitrogen and oxygen atoms in total. The Morgan fingerprint density at radius 1 is 1.12 bits per heavy atom. The first kappa shape index (κ1) is 16.7. The smallest absolute Gasteiger partial charge is 0.0496 e. The van der Waals surface area contributed by atoms with Crippen LogP contribution >= 0.6 is 0 Å². The normalized spacial score (nSPS) is 18.3. The molecule has 1 aromatic heterocycles. The SMILES string of the molecule is Cc1ccc2c(c1)c1ccc(C3C=CC=CC3)cc1n2C(C)C/C=C\N. The number of rotatable bonds is 4. The maximum Gasteiger partial charge on any atom is 0.0496 e. The summed E-state index contributed by atoms with van der Waals surface area (Å²) in [5, 5.41) is 2.68. The molecule has 26 heavy (non-hydrogen) atoms. The van der Waals surface area contributed by atoms with E-state index in [0.717, 1.165) is 12.8 Å². The molecule has 2 unspecified atom stereocenters. The Morgan fingerprint density at radius 2 is 2.00 bits per heavy atom. The summed E-state index contributed by atoms with van der Waals surface area (Å²) in [5.41, 5.74) is 10.9. The van der Waals surface area contributed by atoms with E-state index in [1.54, 1.807) is 6.20 Å². The number of aromatic nitrogens is 1. The van der Waals surface area contributed by atoms with Crippen LogP contribution in [0.4, 0.5) is 0 Å². The molecule has 0 saturated heterocycles. The number of nitrogens with zero attached hydrogens (tertiary/aromatic N) is 1. The van der Waals surface area contributed by atoms with E-state index in [9.17, 15) is 0 Å². The minimum absolute atomic E-state index is 0.356. The number of aryl methyl sites for hydroxylation is 1. The molecule has 0 aliphatic heterocycles. The third-order valence-corrected chi connectivity index (χ3v) is 5.45. The highest BCUT2D eigenvalue weighted by atomic mass is 15.0. The number of nitrogens with two attached hydrogens (primary N) is 1. The van der Waals surface area contributed by atoms with Crippen LogP contribution < -0.4 is 5.73 Å². The first-order valence-electron chi connectivity index (χ1n) is 9.43. The molecule has 2 aromatic carbocycles. The molecule has 0 saturated carbocycles. The van der Waals surface area contributed by atoms with Gasteiger partial charge in [0.15, 0.2) is 0 Å². The Morgan fingerprint density at radius 3 is 2.77 bits per heavy atom. The third-order valence-electron chi connectivity index (χ3n) is 5.45. The molecule has 0 spiro atoms. The first-order valence-corrected chi connectivity index (χ1v) is 9.43. The van der Waals surface area contributed by atoms with Gasteiger partial charge in [-0.25, -0.2) is 0 Å². The fourth-order valence-corrected chi connectivity index (χ4v) is 4.10. The molecule has 1 aliphatic carbocycles. The van der Waals surface area contributed by atoms with Crippen molar-refractivity contribution in [1.82, 2.24) is 4.57 Å². The van der Waals surface area contributed by atoms with Gasteiger partial charge in [0.1, 0.15) is 0 Å². The van der Waals surface area contributed by atoms with E-state index in [2.05, 4.69) is 85.2 Å². The molecule has 0 fully saturated rings. The van der Waals surface area contributed by atoms with Gasteiger partial charge in [-0.2, -0.15) is 0 Å².